The Morgan fingerprint density at radius 3 is 1.28 bits per heavy atom. The first kappa shape index (κ1) is 38.8. The number of nitrogens with zero attached hydrogens (tertiary/aromatic N) is 3. The second kappa shape index (κ2) is 21.4. The molecule has 2 aromatic heterocycles. The molecular formula is C42H47N3O5. The molecule has 0 N–H and O–H groups in total. The van der Waals surface area contributed by atoms with Gasteiger partial charge in [-0.15, -0.1) is 0 Å². The highest BCUT2D eigenvalue weighted by Crippen LogP contribution is 2.20. The molecule has 0 saturated heterocycles. The van der Waals surface area contributed by atoms with E-state index in [4.69, 9.17) is 13.7 Å². The smallest absolute Gasteiger partial charge is 0.277 e. The minimum absolute atomic E-state index is 0.129. The SMILES string of the molecule is CCc1ccc(-c2cnco2)cc1.CCc1ccc(-c2cnco2)cc1.CCc1ccc(C(=O)N(C)OC)cc1.CCc1ccc(C=O)cc1. The van der Waals surface area contributed by atoms with Crippen LogP contribution in [0.1, 0.15) is 70.7 Å². The highest BCUT2D eigenvalue weighted by molar-refractivity contribution is 5.93. The summed E-state index contributed by atoms with van der Waals surface area (Å²) in [5.41, 5.74) is 8.71. The molecule has 0 aliphatic heterocycles. The third-order valence-corrected chi connectivity index (χ3v) is 7.85. The second-order valence-corrected chi connectivity index (χ2v) is 11.1. The quantitative estimate of drug-likeness (QED) is 0.111. The number of hydrogen-bond acceptors (Lipinski definition) is 7. The lowest BCUT2D eigenvalue weighted by Gasteiger charge is -2.13. The van der Waals surface area contributed by atoms with Crippen LogP contribution in [0.4, 0.5) is 0 Å². The van der Waals surface area contributed by atoms with Gasteiger partial charge in [0, 0.05) is 29.3 Å². The van der Waals surface area contributed by atoms with E-state index in [-0.39, 0.29) is 5.91 Å². The number of carbonyl (C=O) groups is 2. The van der Waals surface area contributed by atoms with Crippen LogP contribution in [0.25, 0.3) is 22.6 Å². The molecule has 4 aromatic carbocycles. The average molecular weight is 674 g/mol. The normalized spacial score (nSPS) is 9.96. The summed E-state index contributed by atoms with van der Waals surface area (Å²) in [7, 11) is 3.06. The van der Waals surface area contributed by atoms with Crippen molar-refractivity contribution in [2.24, 2.45) is 0 Å². The first-order chi connectivity index (χ1) is 24.3. The molecule has 0 atom stereocenters. The maximum Gasteiger partial charge on any atom is 0.277 e. The minimum Gasteiger partial charge on any atom is -0.444 e. The van der Waals surface area contributed by atoms with Crippen molar-refractivity contribution in [3.05, 3.63) is 156 Å². The number of carbonyl (C=O) groups excluding carboxylic acids is 2. The van der Waals surface area contributed by atoms with E-state index >= 15 is 0 Å². The average Bonchev–Trinajstić information content (AvgIpc) is 3.95. The van der Waals surface area contributed by atoms with Gasteiger partial charge in [0.2, 0.25) is 0 Å². The van der Waals surface area contributed by atoms with Gasteiger partial charge in [0.25, 0.3) is 5.91 Å². The van der Waals surface area contributed by atoms with Gasteiger partial charge in [-0.05, 0) is 60.1 Å². The monoisotopic (exact) mass is 673 g/mol. The molecule has 50 heavy (non-hydrogen) atoms. The summed E-state index contributed by atoms with van der Waals surface area (Å²) >= 11 is 0. The Bertz CT molecular complexity index is 1700. The van der Waals surface area contributed by atoms with Crippen molar-refractivity contribution >= 4 is 12.2 Å². The fourth-order valence-corrected chi connectivity index (χ4v) is 4.51. The zero-order chi connectivity index (χ0) is 36.1. The number of amides is 1. The van der Waals surface area contributed by atoms with Crippen LogP contribution in [0, 0.1) is 0 Å². The number of hydrogen-bond donors (Lipinski definition) is 0. The third-order valence-electron chi connectivity index (χ3n) is 7.85. The standard InChI is InChI=1S/C11H15NO2.2C11H11NO.C9H10O/c1-4-9-5-7-10(8-6-9)11(13)12(2)14-3;2*1-2-9-3-5-10(6-4-9)11-7-12-8-13-11;1-2-8-3-5-9(7-10)6-4-8/h5-8H,4H2,1-3H3;2*3-8H,2H2,1H3;3-7H,2H2,1H3. The number of aromatic nitrogens is 2. The first-order valence-corrected chi connectivity index (χ1v) is 16.8. The molecule has 2 heterocycles. The molecule has 0 aliphatic rings. The maximum absolute atomic E-state index is 11.6. The van der Waals surface area contributed by atoms with Crippen LogP contribution in [-0.2, 0) is 30.5 Å². The number of oxazole rings is 2. The van der Waals surface area contributed by atoms with E-state index in [9.17, 15) is 9.59 Å². The van der Waals surface area contributed by atoms with Gasteiger partial charge in [-0.3, -0.25) is 14.4 Å². The molecule has 0 bridgehead atoms. The van der Waals surface area contributed by atoms with Crippen LogP contribution in [0.15, 0.2) is 131 Å². The fourth-order valence-electron chi connectivity index (χ4n) is 4.51. The van der Waals surface area contributed by atoms with Gasteiger partial charge >= 0.3 is 0 Å². The van der Waals surface area contributed by atoms with E-state index in [1.165, 1.54) is 47.2 Å². The van der Waals surface area contributed by atoms with Crippen LogP contribution in [0.5, 0.6) is 0 Å². The number of benzene rings is 4. The van der Waals surface area contributed by atoms with Gasteiger partial charge in [-0.25, -0.2) is 15.0 Å². The Morgan fingerprint density at radius 1 is 0.620 bits per heavy atom. The van der Waals surface area contributed by atoms with Crippen molar-refractivity contribution in [1.29, 1.82) is 0 Å². The van der Waals surface area contributed by atoms with Crippen molar-refractivity contribution in [2.45, 2.75) is 53.4 Å². The lowest BCUT2D eigenvalue weighted by molar-refractivity contribution is -0.0757. The van der Waals surface area contributed by atoms with E-state index in [1.54, 1.807) is 19.4 Å². The van der Waals surface area contributed by atoms with Gasteiger partial charge in [-0.1, -0.05) is 113 Å². The number of rotatable bonds is 9. The Morgan fingerprint density at radius 2 is 0.980 bits per heavy atom. The molecule has 0 spiro atoms. The molecule has 0 radical (unpaired) electrons. The van der Waals surface area contributed by atoms with Gasteiger partial charge in [0.05, 0.1) is 19.5 Å². The van der Waals surface area contributed by atoms with E-state index < -0.39 is 0 Å². The van der Waals surface area contributed by atoms with Crippen LogP contribution in [0.2, 0.25) is 0 Å². The molecule has 0 saturated carbocycles. The van der Waals surface area contributed by atoms with E-state index in [2.05, 4.69) is 86.2 Å². The highest BCUT2D eigenvalue weighted by Gasteiger charge is 2.10. The third kappa shape index (κ3) is 12.5. The molecule has 6 aromatic rings. The maximum atomic E-state index is 11.6. The van der Waals surface area contributed by atoms with Crippen LogP contribution < -0.4 is 0 Å². The van der Waals surface area contributed by atoms with Gasteiger partial charge in [-0.2, -0.15) is 0 Å². The molecular weight excluding hydrogens is 626 g/mol. The van der Waals surface area contributed by atoms with Crippen molar-refractivity contribution in [3.8, 4) is 22.6 Å². The summed E-state index contributed by atoms with van der Waals surface area (Å²) in [6.07, 6.45) is 11.3. The van der Waals surface area contributed by atoms with Gasteiger partial charge < -0.3 is 8.83 Å². The molecule has 1 amide bonds. The Labute approximate surface area is 295 Å². The predicted octanol–water partition coefficient (Wildman–Crippen LogP) is 9.75. The fraction of sp³-hybridized carbons (Fsp3) is 0.238. The first-order valence-electron chi connectivity index (χ1n) is 16.8. The zero-order valence-electron chi connectivity index (χ0n) is 29.8. The summed E-state index contributed by atoms with van der Waals surface area (Å²) in [5, 5.41) is 1.21. The van der Waals surface area contributed by atoms with Crippen LogP contribution in [0.3, 0.4) is 0 Å². The van der Waals surface area contributed by atoms with E-state index in [0.717, 1.165) is 60.2 Å². The summed E-state index contributed by atoms with van der Waals surface area (Å²) in [6.45, 7) is 8.46. The lowest BCUT2D eigenvalue weighted by Crippen LogP contribution is -2.25. The number of aryl methyl sites for hydroxylation is 4. The van der Waals surface area contributed by atoms with Crippen molar-refractivity contribution in [1.82, 2.24) is 15.0 Å². The molecule has 8 nitrogen and oxygen atoms in total. The topological polar surface area (TPSA) is 98.7 Å². The molecule has 0 aliphatic carbocycles. The molecule has 8 heteroatoms. The minimum atomic E-state index is -0.129. The van der Waals surface area contributed by atoms with Crippen molar-refractivity contribution in [3.63, 3.8) is 0 Å². The Balaban J connectivity index is 0.000000181. The summed E-state index contributed by atoms with van der Waals surface area (Å²) in [5.74, 6) is 1.51. The summed E-state index contributed by atoms with van der Waals surface area (Å²) in [6, 6.07) is 31.8. The molecule has 260 valence electrons. The lowest BCUT2D eigenvalue weighted by atomic mass is 10.1. The number of aldehydes is 1. The van der Waals surface area contributed by atoms with Gasteiger partial charge in [0.1, 0.15) is 6.29 Å². The van der Waals surface area contributed by atoms with Crippen LogP contribution in [-0.4, -0.2) is 41.4 Å². The summed E-state index contributed by atoms with van der Waals surface area (Å²) < 4.78 is 10.4. The molecule has 0 unspecified atom stereocenters. The largest absolute Gasteiger partial charge is 0.444 e. The summed E-state index contributed by atoms with van der Waals surface area (Å²) in [4.78, 5) is 34.3. The van der Waals surface area contributed by atoms with Crippen molar-refractivity contribution in [2.75, 3.05) is 14.2 Å². The van der Waals surface area contributed by atoms with E-state index in [1.807, 2.05) is 48.5 Å². The van der Waals surface area contributed by atoms with Gasteiger partial charge in [0.15, 0.2) is 24.3 Å². The van der Waals surface area contributed by atoms with Crippen LogP contribution >= 0.6 is 0 Å². The Kier molecular flexibility index (Phi) is 16.6. The molecule has 0 fully saturated rings. The van der Waals surface area contributed by atoms with E-state index in [0.29, 0.717) is 5.56 Å². The zero-order valence-corrected chi connectivity index (χ0v) is 29.8. The molecule has 6 rings (SSSR count). The highest BCUT2D eigenvalue weighted by atomic mass is 16.7. The van der Waals surface area contributed by atoms with Crippen molar-refractivity contribution < 1.29 is 23.3 Å². The predicted molar refractivity (Wildman–Crippen MR) is 199 cm³/mol. The second-order valence-electron chi connectivity index (χ2n) is 11.1. The Hall–Kier alpha value is -5.60. The number of hydroxylamine groups is 2.